The van der Waals surface area contributed by atoms with E-state index in [9.17, 15) is 9.59 Å². The number of amides is 1. The van der Waals surface area contributed by atoms with Gasteiger partial charge in [-0.25, -0.2) is 4.79 Å². The topological polar surface area (TPSA) is 72.6 Å². The van der Waals surface area contributed by atoms with Crippen molar-refractivity contribution in [2.24, 2.45) is 17.6 Å². The highest BCUT2D eigenvalue weighted by Gasteiger charge is 2.39. The zero-order chi connectivity index (χ0) is 15.2. The maximum Gasteiger partial charge on any atom is 0.329 e. The van der Waals surface area contributed by atoms with Crippen molar-refractivity contribution in [2.75, 3.05) is 31.2 Å². The van der Waals surface area contributed by atoms with Gasteiger partial charge in [-0.15, -0.1) is 0 Å². The Morgan fingerprint density at radius 2 is 2.10 bits per heavy atom. The number of nitrogens with two attached hydrogens (primary N) is 1. The van der Waals surface area contributed by atoms with E-state index in [0.29, 0.717) is 25.4 Å². The highest BCUT2D eigenvalue weighted by Crippen LogP contribution is 2.32. The van der Waals surface area contributed by atoms with Crippen molar-refractivity contribution in [1.82, 2.24) is 4.90 Å². The molecule has 1 amide bonds. The molecular weight excluding hydrogens is 288 g/mol. The maximum absolute atomic E-state index is 12.9. The monoisotopic (exact) mass is 314 g/mol. The molecule has 2 rings (SSSR count). The highest BCUT2D eigenvalue weighted by atomic mass is 32.2. The standard InChI is InChI=1S/C15H26N2O3S/c1-2-20-15(19)13-10-21-8-7-17(13)14(18)12-6-4-3-5-11(12)9-16/h11-13H,2-10,16H2,1H3. The van der Waals surface area contributed by atoms with Crippen LogP contribution in [0.4, 0.5) is 0 Å². The lowest BCUT2D eigenvalue weighted by atomic mass is 9.78. The second-order valence-electron chi connectivity index (χ2n) is 5.76. The van der Waals surface area contributed by atoms with Crippen molar-refractivity contribution in [3.05, 3.63) is 0 Å². The molecule has 0 aromatic heterocycles. The van der Waals surface area contributed by atoms with Crippen LogP contribution in [0.5, 0.6) is 0 Å². The van der Waals surface area contributed by atoms with Crippen molar-refractivity contribution in [2.45, 2.75) is 38.6 Å². The number of ether oxygens (including phenoxy) is 1. The Balaban J connectivity index is 2.08. The lowest BCUT2D eigenvalue weighted by Crippen LogP contribution is -2.54. The Morgan fingerprint density at radius 1 is 1.33 bits per heavy atom. The minimum absolute atomic E-state index is 0.0104. The van der Waals surface area contributed by atoms with Crippen LogP contribution >= 0.6 is 11.8 Å². The molecule has 2 fully saturated rings. The van der Waals surface area contributed by atoms with Crippen LogP contribution in [0.2, 0.25) is 0 Å². The molecule has 2 N–H and O–H groups in total. The molecule has 0 spiro atoms. The predicted molar refractivity (Wildman–Crippen MR) is 84.0 cm³/mol. The summed E-state index contributed by atoms with van der Waals surface area (Å²) in [5.41, 5.74) is 5.84. The Hall–Kier alpha value is -0.750. The summed E-state index contributed by atoms with van der Waals surface area (Å²) in [5.74, 6) is 1.64. The number of rotatable bonds is 4. The van der Waals surface area contributed by atoms with Crippen molar-refractivity contribution < 1.29 is 14.3 Å². The van der Waals surface area contributed by atoms with Gasteiger partial charge in [0.25, 0.3) is 0 Å². The fourth-order valence-electron chi connectivity index (χ4n) is 3.33. The van der Waals surface area contributed by atoms with Crippen LogP contribution in [-0.2, 0) is 14.3 Å². The summed E-state index contributed by atoms with van der Waals surface area (Å²) < 4.78 is 5.13. The third kappa shape index (κ3) is 3.92. The fraction of sp³-hybridized carbons (Fsp3) is 0.867. The first kappa shape index (κ1) is 16.6. The Kier molecular flexibility index (Phi) is 6.36. The summed E-state index contributed by atoms with van der Waals surface area (Å²) in [7, 11) is 0. The molecule has 21 heavy (non-hydrogen) atoms. The molecule has 3 atom stereocenters. The summed E-state index contributed by atoms with van der Waals surface area (Å²) in [6.45, 7) is 3.35. The lowest BCUT2D eigenvalue weighted by molar-refractivity contribution is -0.156. The number of thioether (sulfide) groups is 1. The molecule has 2 aliphatic rings. The van der Waals surface area contributed by atoms with Gasteiger partial charge in [-0.3, -0.25) is 4.79 Å². The third-order valence-electron chi connectivity index (χ3n) is 4.50. The van der Waals surface area contributed by atoms with E-state index in [1.807, 2.05) is 0 Å². The number of carbonyl (C=O) groups is 2. The summed E-state index contributed by atoms with van der Waals surface area (Å²) >= 11 is 1.71. The largest absolute Gasteiger partial charge is 0.464 e. The second kappa shape index (κ2) is 8.03. The first-order valence-corrected chi connectivity index (χ1v) is 9.09. The van der Waals surface area contributed by atoms with Gasteiger partial charge in [0, 0.05) is 24.0 Å². The van der Waals surface area contributed by atoms with E-state index in [1.54, 1.807) is 23.6 Å². The quantitative estimate of drug-likeness (QED) is 0.791. The summed E-state index contributed by atoms with van der Waals surface area (Å²) in [4.78, 5) is 26.7. The van der Waals surface area contributed by atoms with Gasteiger partial charge in [-0.1, -0.05) is 12.8 Å². The maximum atomic E-state index is 12.9. The van der Waals surface area contributed by atoms with E-state index >= 15 is 0 Å². The SMILES string of the molecule is CCOC(=O)C1CSCCN1C(=O)C1CCCCC1CN. The molecule has 1 heterocycles. The fourth-order valence-corrected chi connectivity index (χ4v) is 4.36. The zero-order valence-electron chi connectivity index (χ0n) is 12.8. The summed E-state index contributed by atoms with van der Waals surface area (Å²) in [6.07, 6.45) is 4.17. The molecule has 0 bridgehead atoms. The number of carbonyl (C=O) groups excluding carboxylic acids is 2. The van der Waals surface area contributed by atoms with Crippen LogP contribution in [0.1, 0.15) is 32.6 Å². The van der Waals surface area contributed by atoms with E-state index < -0.39 is 6.04 Å². The van der Waals surface area contributed by atoms with Gasteiger partial charge in [-0.2, -0.15) is 11.8 Å². The van der Waals surface area contributed by atoms with Crippen LogP contribution in [-0.4, -0.2) is 54.0 Å². The van der Waals surface area contributed by atoms with Gasteiger partial charge >= 0.3 is 5.97 Å². The van der Waals surface area contributed by atoms with Crippen molar-refractivity contribution in [3.63, 3.8) is 0 Å². The van der Waals surface area contributed by atoms with Gasteiger partial charge in [0.2, 0.25) is 5.91 Å². The van der Waals surface area contributed by atoms with Gasteiger partial charge in [0.1, 0.15) is 6.04 Å². The van der Waals surface area contributed by atoms with Crippen LogP contribution in [0.25, 0.3) is 0 Å². The minimum Gasteiger partial charge on any atom is -0.464 e. The predicted octanol–water partition coefficient (Wildman–Crippen LogP) is 1.26. The van der Waals surface area contributed by atoms with Gasteiger partial charge < -0.3 is 15.4 Å². The molecule has 0 aromatic rings. The third-order valence-corrected chi connectivity index (χ3v) is 5.52. The summed E-state index contributed by atoms with van der Waals surface area (Å²) in [5, 5.41) is 0. The van der Waals surface area contributed by atoms with Crippen molar-refractivity contribution in [3.8, 4) is 0 Å². The number of hydrogen-bond acceptors (Lipinski definition) is 5. The smallest absolute Gasteiger partial charge is 0.329 e. The molecule has 1 saturated heterocycles. The minimum atomic E-state index is -0.420. The average molecular weight is 314 g/mol. The Bertz CT molecular complexity index is 378. The summed E-state index contributed by atoms with van der Waals surface area (Å²) in [6, 6.07) is -0.420. The normalized spacial score (nSPS) is 30.0. The van der Waals surface area contributed by atoms with E-state index in [2.05, 4.69) is 0 Å². The van der Waals surface area contributed by atoms with E-state index in [4.69, 9.17) is 10.5 Å². The molecular formula is C15H26N2O3S. The van der Waals surface area contributed by atoms with E-state index in [-0.39, 0.29) is 23.7 Å². The highest BCUT2D eigenvalue weighted by molar-refractivity contribution is 7.99. The molecule has 3 unspecified atom stereocenters. The molecule has 1 aliphatic heterocycles. The van der Waals surface area contributed by atoms with Crippen LogP contribution in [0.15, 0.2) is 0 Å². The van der Waals surface area contributed by atoms with Crippen LogP contribution in [0.3, 0.4) is 0 Å². The first-order chi connectivity index (χ1) is 10.2. The van der Waals surface area contributed by atoms with Crippen LogP contribution in [0, 0.1) is 11.8 Å². The molecule has 1 aliphatic carbocycles. The van der Waals surface area contributed by atoms with Crippen LogP contribution < -0.4 is 5.73 Å². The Labute approximate surface area is 130 Å². The van der Waals surface area contributed by atoms with Gasteiger partial charge in [0.05, 0.1) is 6.61 Å². The van der Waals surface area contributed by atoms with E-state index in [0.717, 1.165) is 31.4 Å². The molecule has 6 heteroatoms. The number of hydrogen-bond donors (Lipinski definition) is 1. The van der Waals surface area contributed by atoms with Crippen molar-refractivity contribution >= 4 is 23.6 Å². The lowest BCUT2D eigenvalue weighted by Gasteiger charge is -2.39. The van der Waals surface area contributed by atoms with Crippen molar-refractivity contribution in [1.29, 1.82) is 0 Å². The first-order valence-electron chi connectivity index (χ1n) is 7.94. The Morgan fingerprint density at radius 3 is 2.81 bits per heavy atom. The molecule has 0 aromatic carbocycles. The zero-order valence-corrected chi connectivity index (χ0v) is 13.6. The van der Waals surface area contributed by atoms with Gasteiger partial charge in [0.15, 0.2) is 0 Å². The molecule has 1 saturated carbocycles. The molecule has 120 valence electrons. The second-order valence-corrected chi connectivity index (χ2v) is 6.91. The molecule has 5 nitrogen and oxygen atoms in total. The van der Waals surface area contributed by atoms with Gasteiger partial charge in [-0.05, 0) is 32.2 Å². The van der Waals surface area contributed by atoms with E-state index in [1.165, 1.54) is 0 Å². The average Bonchev–Trinajstić information content (AvgIpc) is 2.54. The number of esters is 1. The number of nitrogens with zero attached hydrogens (tertiary/aromatic N) is 1. The molecule has 0 radical (unpaired) electrons.